The summed E-state index contributed by atoms with van der Waals surface area (Å²) in [7, 11) is 0. The Morgan fingerprint density at radius 1 is 1.48 bits per heavy atom. The van der Waals surface area contributed by atoms with Crippen LogP contribution in [0.25, 0.3) is 4.96 Å². The number of aryl methyl sites for hydroxylation is 2. The molecule has 1 amide bonds. The molecule has 0 bridgehead atoms. The van der Waals surface area contributed by atoms with Crippen molar-refractivity contribution < 1.29 is 9.53 Å². The van der Waals surface area contributed by atoms with Crippen molar-refractivity contribution in [3.8, 4) is 0 Å². The smallest absolute Gasteiger partial charge is 0.271 e. The van der Waals surface area contributed by atoms with Gasteiger partial charge in [0.25, 0.3) is 11.5 Å². The number of aromatic nitrogens is 2. The fourth-order valence-corrected chi connectivity index (χ4v) is 2.88. The Morgan fingerprint density at radius 2 is 2.24 bits per heavy atom. The summed E-state index contributed by atoms with van der Waals surface area (Å²) in [4.78, 5) is 30.3. The summed E-state index contributed by atoms with van der Waals surface area (Å²) in [5.74, 6) is -0.387. The molecule has 0 spiro atoms. The van der Waals surface area contributed by atoms with Crippen molar-refractivity contribution >= 4 is 22.2 Å². The minimum absolute atomic E-state index is 0.0739. The third-order valence-electron chi connectivity index (χ3n) is 3.22. The van der Waals surface area contributed by atoms with Crippen LogP contribution in [0.15, 0.2) is 11.0 Å². The third kappa shape index (κ3) is 3.30. The second-order valence-corrected chi connectivity index (χ2v) is 5.83. The first-order valence-electron chi connectivity index (χ1n) is 6.90. The lowest BCUT2D eigenvalue weighted by Gasteiger charge is -2.05. The fraction of sp³-hybridized carbons (Fsp3) is 0.500. The number of ether oxygens (including phenoxy) is 1. The van der Waals surface area contributed by atoms with Crippen molar-refractivity contribution in [2.24, 2.45) is 0 Å². The maximum Gasteiger partial charge on any atom is 0.271 e. The van der Waals surface area contributed by atoms with E-state index in [-0.39, 0.29) is 17.0 Å². The zero-order valence-electron chi connectivity index (χ0n) is 12.4. The lowest BCUT2D eigenvalue weighted by molar-refractivity contribution is 0.0942. The van der Waals surface area contributed by atoms with Crippen molar-refractivity contribution in [3.05, 3.63) is 32.7 Å². The van der Waals surface area contributed by atoms with E-state index in [0.29, 0.717) is 31.1 Å². The predicted molar refractivity (Wildman–Crippen MR) is 82.3 cm³/mol. The van der Waals surface area contributed by atoms with Gasteiger partial charge in [-0.3, -0.25) is 14.0 Å². The molecule has 2 heterocycles. The maximum absolute atomic E-state index is 12.4. The number of nitrogens with one attached hydrogen (secondary N) is 1. The highest BCUT2D eigenvalue weighted by atomic mass is 32.1. The first-order valence-corrected chi connectivity index (χ1v) is 7.71. The molecule has 0 aliphatic heterocycles. The molecule has 114 valence electrons. The van der Waals surface area contributed by atoms with Gasteiger partial charge in [-0.15, -0.1) is 11.3 Å². The zero-order valence-corrected chi connectivity index (χ0v) is 13.2. The van der Waals surface area contributed by atoms with Gasteiger partial charge in [0, 0.05) is 36.5 Å². The number of carbonyl (C=O) groups is 1. The van der Waals surface area contributed by atoms with Gasteiger partial charge in [-0.25, -0.2) is 4.98 Å². The summed E-state index contributed by atoms with van der Waals surface area (Å²) in [5, 5.41) is 2.72. The van der Waals surface area contributed by atoms with E-state index < -0.39 is 0 Å². The van der Waals surface area contributed by atoms with E-state index in [9.17, 15) is 9.59 Å². The molecule has 0 atom stereocenters. The number of hydrogen-bond acceptors (Lipinski definition) is 5. The molecular formula is C14H19N3O3S. The van der Waals surface area contributed by atoms with E-state index >= 15 is 0 Å². The lowest BCUT2D eigenvalue weighted by Crippen LogP contribution is -2.32. The van der Waals surface area contributed by atoms with Gasteiger partial charge in [-0.05, 0) is 27.2 Å². The molecule has 2 aromatic rings. The number of nitrogens with zero attached hydrogens (tertiary/aromatic N) is 2. The van der Waals surface area contributed by atoms with Gasteiger partial charge in [0.1, 0.15) is 5.56 Å². The Kier molecular flexibility index (Phi) is 5.08. The molecule has 1 N–H and O–H groups in total. The Morgan fingerprint density at radius 3 is 2.95 bits per heavy atom. The van der Waals surface area contributed by atoms with E-state index in [0.717, 1.165) is 10.6 Å². The Labute approximate surface area is 126 Å². The topological polar surface area (TPSA) is 72.7 Å². The molecular weight excluding hydrogens is 290 g/mol. The van der Waals surface area contributed by atoms with Gasteiger partial charge in [0.05, 0.1) is 0 Å². The van der Waals surface area contributed by atoms with E-state index in [1.165, 1.54) is 21.9 Å². The molecule has 7 heteroatoms. The molecule has 0 saturated carbocycles. The van der Waals surface area contributed by atoms with Gasteiger partial charge in [-0.2, -0.15) is 0 Å². The summed E-state index contributed by atoms with van der Waals surface area (Å²) in [6.07, 6.45) is 2.07. The summed E-state index contributed by atoms with van der Waals surface area (Å²) in [5.41, 5.74) is 0.590. The summed E-state index contributed by atoms with van der Waals surface area (Å²) >= 11 is 1.44. The molecule has 0 unspecified atom stereocenters. The minimum atomic E-state index is -0.387. The largest absolute Gasteiger partial charge is 0.382 e. The number of thiazole rings is 1. The van der Waals surface area contributed by atoms with Gasteiger partial charge < -0.3 is 10.1 Å². The van der Waals surface area contributed by atoms with Crippen molar-refractivity contribution in [3.63, 3.8) is 0 Å². The van der Waals surface area contributed by atoms with Crippen LogP contribution in [-0.4, -0.2) is 35.1 Å². The molecule has 0 aliphatic rings. The van der Waals surface area contributed by atoms with Gasteiger partial charge >= 0.3 is 0 Å². The number of carbonyl (C=O) groups excluding carboxylic acids is 1. The first-order chi connectivity index (χ1) is 10.1. The maximum atomic E-state index is 12.4. The Hall–Kier alpha value is -1.73. The summed E-state index contributed by atoms with van der Waals surface area (Å²) in [6.45, 7) is 7.43. The van der Waals surface area contributed by atoms with Crippen LogP contribution in [0.3, 0.4) is 0 Å². The minimum Gasteiger partial charge on any atom is -0.382 e. The Balaban J connectivity index is 2.15. The lowest BCUT2D eigenvalue weighted by atomic mass is 10.3. The number of hydrogen-bond donors (Lipinski definition) is 1. The van der Waals surface area contributed by atoms with Crippen LogP contribution in [0.4, 0.5) is 0 Å². The molecule has 0 fully saturated rings. The van der Waals surface area contributed by atoms with Crippen LogP contribution < -0.4 is 10.9 Å². The van der Waals surface area contributed by atoms with Crippen LogP contribution in [0.5, 0.6) is 0 Å². The van der Waals surface area contributed by atoms with Crippen molar-refractivity contribution in [2.75, 3.05) is 19.8 Å². The van der Waals surface area contributed by atoms with Crippen molar-refractivity contribution in [1.29, 1.82) is 0 Å². The van der Waals surface area contributed by atoms with Crippen molar-refractivity contribution in [1.82, 2.24) is 14.7 Å². The SMILES string of the molecule is CCOCCCNC(=O)c1cnc2sc(C)c(C)n2c1=O. The summed E-state index contributed by atoms with van der Waals surface area (Å²) < 4.78 is 6.69. The monoisotopic (exact) mass is 309 g/mol. The van der Waals surface area contributed by atoms with Gasteiger partial charge in [0.15, 0.2) is 4.96 Å². The molecule has 0 saturated heterocycles. The molecule has 21 heavy (non-hydrogen) atoms. The zero-order chi connectivity index (χ0) is 15.4. The Bertz CT molecular complexity index is 705. The van der Waals surface area contributed by atoms with E-state index in [4.69, 9.17) is 4.74 Å². The second kappa shape index (κ2) is 6.82. The molecule has 2 aromatic heterocycles. The third-order valence-corrected chi connectivity index (χ3v) is 4.29. The highest BCUT2D eigenvalue weighted by Crippen LogP contribution is 2.18. The summed E-state index contributed by atoms with van der Waals surface area (Å²) in [6, 6.07) is 0. The van der Waals surface area contributed by atoms with E-state index in [1.54, 1.807) is 0 Å². The number of amides is 1. The average Bonchev–Trinajstić information content (AvgIpc) is 2.75. The predicted octanol–water partition coefficient (Wildman–Crippen LogP) is 1.53. The second-order valence-electron chi connectivity index (χ2n) is 4.65. The number of rotatable bonds is 6. The van der Waals surface area contributed by atoms with Crippen LogP contribution >= 0.6 is 11.3 Å². The van der Waals surface area contributed by atoms with Crippen molar-refractivity contribution in [2.45, 2.75) is 27.2 Å². The fourth-order valence-electron chi connectivity index (χ4n) is 1.95. The number of fused-ring (bicyclic) bond motifs is 1. The first kappa shape index (κ1) is 15.7. The van der Waals surface area contributed by atoms with Crippen LogP contribution in [-0.2, 0) is 4.74 Å². The molecule has 0 aliphatic carbocycles. The van der Waals surface area contributed by atoms with Gasteiger partial charge in [0.2, 0.25) is 0 Å². The van der Waals surface area contributed by atoms with Gasteiger partial charge in [-0.1, -0.05) is 0 Å². The van der Waals surface area contributed by atoms with Crippen LogP contribution in [0.2, 0.25) is 0 Å². The standard InChI is InChI=1S/C14H19N3O3S/c1-4-20-7-5-6-15-12(18)11-8-16-14-17(13(11)19)9(2)10(3)21-14/h8H,4-7H2,1-3H3,(H,15,18). The average molecular weight is 309 g/mol. The van der Waals surface area contributed by atoms with Crippen LogP contribution in [0, 0.1) is 13.8 Å². The molecule has 6 nitrogen and oxygen atoms in total. The molecule has 2 rings (SSSR count). The van der Waals surface area contributed by atoms with Crippen LogP contribution in [0.1, 0.15) is 34.3 Å². The molecule has 0 aromatic carbocycles. The highest BCUT2D eigenvalue weighted by Gasteiger charge is 2.16. The van der Waals surface area contributed by atoms with E-state index in [1.807, 2.05) is 20.8 Å². The normalized spacial score (nSPS) is 11.0. The quantitative estimate of drug-likeness (QED) is 0.821. The molecule has 0 radical (unpaired) electrons. The van der Waals surface area contributed by atoms with E-state index in [2.05, 4.69) is 10.3 Å². The highest BCUT2D eigenvalue weighted by molar-refractivity contribution is 7.17.